The Balaban J connectivity index is 1.71. The Bertz CT molecular complexity index is 460. The molecule has 0 spiro atoms. The van der Waals surface area contributed by atoms with Crippen LogP contribution in [0.1, 0.15) is 5.89 Å². The van der Waals surface area contributed by atoms with E-state index in [1.165, 1.54) is 0 Å². The van der Waals surface area contributed by atoms with Gasteiger partial charge in [0.2, 0.25) is 5.89 Å². The fourth-order valence-corrected chi connectivity index (χ4v) is 1.54. The zero-order valence-corrected chi connectivity index (χ0v) is 8.34. The minimum absolute atomic E-state index is 0.159. The first-order valence-corrected chi connectivity index (χ1v) is 4.86. The van der Waals surface area contributed by atoms with Crippen molar-refractivity contribution in [2.75, 3.05) is 0 Å². The average molecular weight is 218 g/mol. The van der Waals surface area contributed by atoms with Gasteiger partial charge in [-0.15, -0.1) is 0 Å². The monoisotopic (exact) mass is 218 g/mol. The van der Waals surface area contributed by atoms with Crippen LogP contribution in [-0.2, 0) is 6.54 Å². The Morgan fingerprint density at radius 2 is 2.19 bits per heavy atom. The van der Waals surface area contributed by atoms with E-state index in [2.05, 4.69) is 30.9 Å². The summed E-state index contributed by atoms with van der Waals surface area (Å²) in [5, 5.41) is 9.23. The van der Waals surface area contributed by atoms with Gasteiger partial charge in [0.25, 0.3) is 0 Å². The summed E-state index contributed by atoms with van der Waals surface area (Å²) in [5.41, 5.74) is 0.911. The lowest BCUT2D eigenvalue weighted by Gasteiger charge is -2.18. The first kappa shape index (κ1) is 8.96. The van der Waals surface area contributed by atoms with E-state index in [0.29, 0.717) is 12.4 Å². The van der Waals surface area contributed by atoms with Crippen LogP contribution in [0, 0.1) is 0 Å². The zero-order chi connectivity index (χ0) is 10.8. The Morgan fingerprint density at radius 1 is 1.31 bits per heavy atom. The van der Waals surface area contributed by atoms with Gasteiger partial charge in [-0.3, -0.25) is 0 Å². The normalized spacial score (nSPS) is 21.6. The molecule has 2 aliphatic heterocycles. The fourth-order valence-electron chi connectivity index (χ4n) is 1.54. The van der Waals surface area contributed by atoms with E-state index in [1.54, 1.807) is 25.1 Å². The maximum absolute atomic E-state index is 5.13. The van der Waals surface area contributed by atoms with Gasteiger partial charge in [-0.05, 0) is 0 Å². The third-order valence-corrected chi connectivity index (χ3v) is 2.29. The Labute approximate surface area is 91.4 Å². The predicted octanol–water partition coefficient (Wildman–Crippen LogP) is -0.478. The minimum Gasteiger partial charge on any atom is -0.447 e. The first-order chi connectivity index (χ1) is 7.93. The van der Waals surface area contributed by atoms with E-state index in [-0.39, 0.29) is 6.17 Å². The second kappa shape index (κ2) is 3.69. The van der Waals surface area contributed by atoms with E-state index in [0.717, 1.165) is 11.5 Å². The lowest BCUT2D eigenvalue weighted by Crippen LogP contribution is -2.35. The summed E-state index contributed by atoms with van der Waals surface area (Å²) in [7, 11) is 0. The number of hydrogen-bond acceptors (Lipinski definition) is 7. The van der Waals surface area contributed by atoms with E-state index in [1.807, 2.05) is 0 Å². The van der Waals surface area contributed by atoms with Crippen LogP contribution in [0.25, 0.3) is 0 Å². The highest BCUT2D eigenvalue weighted by Gasteiger charge is 2.22. The zero-order valence-electron chi connectivity index (χ0n) is 8.34. The van der Waals surface area contributed by atoms with E-state index in [9.17, 15) is 0 Å². The van der Waals surface area contributed by atoms with Crippen LogP contribution >= 0.6 is 0 Å². The molecule has 0 aliphatic carbocycles. The van der Waals surface area contributed by atoms with E-state index in [4.69, 9.17) is 4.42 Å². The van der Waals surface area contributed by atoms with Crippen molar-refractivity contribution in [2.45, 2.75) is 12.7 Å². The molecular formula is C9H10N6O. The molecule has 0 saturated carbocycles. The molecule has 1 atom stereocenters. The van der Waals surface area contributed by atoms with Gasteiger partial charge in [-0.25, -0.2) is 15.0 Å². The van der Waals surface area contributed by atoms with Crippen LogP contribution in [0.15, 0.2) is 38.4 Å². The molecule has 1 aromatic heterocycles. The largest absolute Gasteiger partial charge is 0.447 e. The third-order valence-electron chi connectivity index (χ3n) is 2.29. The van der Waals surface area contributed by atoms with Gasteiger partial charge >= 0.3 is 0 Å². The lowest BCUT2D eigenvalue weighted by molar-refractivity contribution is 0.476. The molecule has 7 heteroatoms. The van der Waals surface area contributed by atoms with Crippen molar-refractivity contribution in [3.05, 3.63) is 29.9 Å². The molecule has 1 aromatic rings. The molecule has 3 N–H and O–H groups in total. The van der Waals surface area contributed by atoms with Crippen LogP contribution in [0.3, 0.4) is 0 Å². The Morgan fingerprint density at radius 3 is 3.00 bits per heavy atom. The number of nitrogens with one attached hydrogen (secondary N) is 3. The van der Waals surface area contributed by atoms with Crippen LogP contribution < -0.4 is 16.0 Å². The van der Waals surface area contributed by atoms with Crippen molar-refractivity contribution < 1.29 is 4.42 Å². The fraction of sp³-hybridized carbons (Fsp3) is 0.222. The molecule has 3 rings (SSSR count). The molecular weight excluding hydrogens is 208 g/mol. The van der Waals surface area contributed by atoms with Crippen LogP contribution in [0.2, 0.25) is 0 Å². The van der Waals surface area contributed by atoms with Crippen molar-refractivity contribution >= 4 is 12.7 Å². The first-order valence-electron chi connectivity index (χ1n) is 4.86. The summed E-state index contributed by atoms with van der Waals surface area (Å²) in [5.74, 6) is 1.48. The highest BCUT2D eigenvalue weighted by molar-refractivity contribution is 5.68. The molecule has 0 saturated heterocycles. The van der Waals surface area contributed by atoms with Crippen molar-refractivity contribution in [3.63, 3.8) is 0 Å². The molecule has 0 bridgehead atoms. The maximum Gasteiger partial charge on any atom is 0.213 e. The second-order valence-electron chi connectivity index (χ2n) is 3.29. The maximum atomic E-state index is 5.13. The number of aliphatic imine (C=N–C) groups is 2. The number of rotatable bonds is 3. The SMILES string of the molecule is C1=NC2N=CNC2=C(NCc2ncco2)N1. The molecule has 3 heterocycles. The minimum atomic E-state index is -0.159. The van der Waals surface area contributed by atoms with Crippen molar-refractivity contribution in [1.82, 2.24) is 20.9 Å². The molecule has 7 nitrogen and oxygen atoms in total. The van der Waals surface area contributed by atoms with Crippen LogP contribution in [-0.4, -0.2) is 23.8 Å². The summed E-state index contributed by atoms with van der Waals surface area (Å²) in [4.78, 5) is 12.3. The predicted molar refractivity (Wildman–Crippen MR) is 57.4 cm³/mol. The standard InChI is InChI=1S/C9H10N6O/c1-2-16-6(10-1)3-11-8-7-9(13-4-12-7)15-5-14-8/h1-2,4-5,9,11H,3H2,(H,12,13)(H,14,15). The van der Waals surface area contributed by atoms with Gasteiger partial charge in [0.05, 0.1) is 25.4 Å². The summed E-state index contributed by atoms with van der Waals surface area (Å²) in [6, 6.07) is 0. The topological polar surface area (TPSA) is 86.8 Å². The molecule has 16 heavy (non-hydrogen) atoms. The molecule has 0 fully saturated rings. The molecule has 2 aliphatic rings. The van der Waals surface area contributed by atoms with Gasteiger partial charge in [0.15, 0.2) is 6.17 Å². The number of oxazole rings is 1. The van der Waals surface area contributed by atoms with E-state index < -0.39 is 0 Å². The van der Waals surface area contributed by atoms with Gasteiger partial charge in [-0.1, -0.05) is 0 Å². The van der Waals surface area contributed by atoms with Crippen molar-refractivity contribution in [1.29, 1.82) is 0 Å². The molecule has 0 amide bonds. The van der Waals surface area contributed by atoms with Crippen LogP contribution in [0.5, 0.6) is 0 Å². The summed E-state index contributed by atoms with van der Waals surface area (Å²) in [6.07, 6.45) is 6.26. The summed E-state index contributed by atoms with van der Waals surface area (Å²) < 4.78 is 5.13. The Hall–Kier alpha value is -2.31. The number of fused-ring (bicyclic) bond motifs is 1. The van der Waals surface area contributed by atoms with Crippen molar-refractivity contribution in [2.24, 2.45) is 9.98 Å². The third kappa shape index (κ3) is 1.52. The van der Waals surface area contributed by atoms with Crippen LogP contribution in [0.4, 0.5) is 0 Å². The highest BCUT2D eigenvalue weighted by atomic mass is 16.3. The Kier molecular flexibility index (Phi) is 2.06. The number of hydrogen-bond donors (Lipinski definition) is 3. The summed E-state index contributed by atoms with van der Waals surface area (Å²) in [6.45, 7) is 0.515. The second-order valence-corrected chi connectivity index (χ2v) is 3.29. The molecule has 82 valence electrons. The molecule has 1 unspecified atom stereocenters. The average Bonchev–Trinajstić information content (AvgIpc) is 2.97. The van der Waals surface area contributed by atoms with Gasteiger partial charge in [0, 0.05) is 0 Å². The molecule has 0 radical (unpaired) electrons. The quantitative estimate of drug-likeness (QED) is 0.638. The van der Waals surface area contributed by atoms with Gasteiger partial charge < -0.3 is 20.4 Å². The van der Waals surface area contributed by atoms with E-state index >= 15 is 0 Å². The van der Waals surface area contributed by atoms with Gasteiger partial charge in [0.1, 0.15) is 17.8 Å². The smallest absolute Gasteiger partial charge is 0.213 e. The summed E-state index contributed by atoms with van der Waals surface area (Å²) >= 11 is 0. The number of aromatic nitrogens is 1. The number of nitrogens with zero attached hydrogens (tertiary/aromatic N) is 3. The molecule has 0 aromatic carbocycles. The van der Waals surface area contributed by atoms with Gasteiger partial charge in [-0.2, -0.15) is 0 Å². The highest BCUT2D eigenvalue weighted by Crippen LogP contribution is 2.14. The van der Waals surface area contributed by atoms with Crippen molar-refractivity contribution in [3.8, 4) is 0 Å². The lowest BCUT2D eigenvalue weighted by atomic mass is 10.3.